The third-order valence-electron chi connectivity index (χ3n) is 5.51. The van der Waals surface area contributed by atoms with Crippen molar-refractivity contribution in [2.45, 2.75) is 44.6 Å². The molecular weight excluding hydrogens is 607 g/mol. The number of fused-ring (bicyclic) bond motifs is 1. The van der Waals surface area contributed by atoms with Gasteiger partial charge in [0.15, 0.2) is 0 Å². The number of nitrogens with zero attached hydrogens (tertiary/aromatic N) is 2. The first kappa shape index (κ1) is 35.3. The van der Waals surface area contributed by atoms with Crippen LogP contribution in [0.5, 0.6) is 5.75 Å². The SMILES string of the molecule is COC(C)C.FCF.Nc1nc(=O)n(C2CC(F)(F)C(COP(NCC=O)Oc3ccc4ccccc4c3)O2)cc1Cl. The summed E-state index contributed by atoms with van der Waals surface area (Å²) in [6.45, 7) is 1.59. The lowest BCUT2D eigenvalue weighted by molar-refractivity contribution is -0.107. The fourth-order valence-corrected chi connectivity index (χ4v) is 4.52. The summed E-state index contributed by atoms with van der Waals surface area (Å²) in [6.07, 6.45) is -1.68. The summed E-state index contributed by atoms with van der Waals surface area (Å²) < 4.78 is 70.9. The van der Waals surface area contributed by atoms with Crippen molar-refractivity contribution in [2.75, 3.05) is 32.9 Å². The molecule has 10 nitrogen and oxygen atoms in total. The van der Waals surface area contributed by atoms with Gasteiger partial charge in [-0.05, 0) is 36.8 Å². The molecule has 42 heavy (non-hydrogen) atoms. The highest BCUT2D eigenvalue weighted by atomic mass is 35.5. The molecular formula is C26H32ClF4N4O6P. The van der Waals surface area contributed by atoms with Gasteiger partial charge in [-0.25, -0.2) is 27.4 Å². The molecule has 4 rings (SSSR count). The van der Waals surface area contributed by atoms with Gasteiger partial charge in [0.2, 0.25) is 6.93 Å². The van der Waals surface area contributed by atoms with Crippen LogP contribution in [0.2, 0.25) is 5.02 Å². The van der Waals surface area contributed by atoms with Gasteiger partial charge in [0.05, 0.1) is 30.7 Å². The van der Waals surface area contributed by atoms with E-state index in [1.54, 1.807) is 19.2 Å². The van der Waals surface area contributed by atoms with Crippen molar-refractivity contribution in [1.29, 1.82) is 0 Å². The molecule has 3 unspecified atom stereocenters. The van der Waals surface area contributed by atoms with Crippen LogP contribution in [0.15, 0.2) is 53.5 Å². The summed E-state index contributed by atoms with van der Waals surface area (Å²) >= 11 is 5.87. The highest BCUT2D eigenvalue weighted by Crippen LogP contribution is 2.43. The Morgan fingerprint density at radius 3 is 2.52 bits per heavy atom. The number of anilines is 1. The van der Waals surface area contributed by atoms with E-state index in [0.29, 0.717) is 18.1 Å². The van der Waals surface area contributed by atoms with E-state index < -0.39 is 52.4 Å². The summed E-state index contributed by atoms with van der Waals surface area (Å²) in [6, 6.07) is 13.0. The Labute approximate surface area is 246 Å². The number of nitrogens with two attached hydrogens (primary N) is 1. The van der Waals surface area contributed by atoms with Gasteiger partial charge < -0.3 is 29.0 Å². The maximum atomic E-state index is 14.7. The second-order valence-corrected chi connectivity index (χ2v) is 10.5. The van der Waals surface area contributed by atoms with E-state index in [4.69, 9.17) is 35.9 Å². The van der Waals surface area contributed by atoms with Gasteiger partial charge in [-0.15, -0.1) is 0 Å². The topological polar surface area (TPSA) is 127 Å². The average molecular weight is 639 g/mol. The first-order valence-electron chi connectivity index (χ1n) is 12.4. The molecule has 0 bridgehead atoms. The molecule has 2 aromatic carbocycles. The molecule has 1 fully saturated rings. The number of alkyl halides is 4. The molecule has 1 saturated heterocycles. The minimum absolute atomic E-state index is 0.0587. The Bertz CT molecular complexity index is 1340. The monoisotopic (exact) mass is 638 g/mol. The minimum atomic E-state index is -3.31. The summed E-state index contributed by atoms with van der Waals surface area (Å²) in [4.78, 5) is 26.4. The van der Waals surface area contributed by atoms with E-state index in [1.807, 2.05) is 44.2 Å². The van der Waals surface area contributed by atoms with Crippen LogP contribution in [0, 0.1) is 0 Å². The zero-order valence-corrected chi connectivity index (χ0v) is 24.7. The Hall–Kier alpha value is -2.87. The minimum Gasteiger partial charge on any atom is -0.436 e. The molecule has 0 spiro atoms. The second kappa shape index (κ2) is 17.3. The Morgan fingerprint density at radius 2 is 1.90 bits per heavy atom. The number of nitrogen functional groups attached to an aromatic ring is 1. The predicted molar refractivity (Wildman–Crippen MR) is 152 cm³/mol. The van der Waals surface area contributed by atoms with Crippen LogP contribution in [-0.2, 0) is 18.8 Å². The summed E-state index contributed by atoms with van der Waals surface area (Å²) in [5.74, 6) is -3.08. The molecule has 2 heterocycles. The lowest BCUT2D eigenvalue weighted by Gasteiger charge is -2.22. The molecule has 1 aliphatic rings. The molecule has 0 amide bonds. The number of ether oxygens (including phenoxy) is 2. The standard InChI is InChI=1S/C21H20ClF2N4O5P.C4H10O.CH2F2/c22-16-11-28(20(30)27-19(16)25)18-10-21(23,24)17(32-18)12-31-34(26-7-8-29)33-15-6-5-13-3-1-2-4-14(13)9-15;1-4(2)5-3;2-1-3/h1-6,8-9,11,17-18,26H,7,10,12H2,(H2,25,27,30);4H,1-3H3;1H2. The number of hydrogen-bond donors (Lipinski definition) is 2. The fraction of sp³-hybridized carbons (Fsp3) is 0.423. The highest BCUT2D eigenvalue weighted by molar-refractivity contribution is 7.45. The number of aldehydes is 1. The largest absolute Gasteiger partial charge is 0.436 e. The van der Waals surface area contributed by atoms with Gasteiger partial charge in [0.25, 0.3) is 5.92 Å². The number of benzene rings is 2. The molecule has 16 heteroatoms. The molecule has 0 radical (unpaired) electrons. The first-order valence-corrected chi connectivity index (χ1v) is 14.0. The number of methoxy groups -OCH3 is 1. The van der Waals surface area contributed by atoms with Gasteiger partial charge in [-0.1, -0.05) is 41.9 Å². The van der Waals surface area contributed by atoms with E-state index in [-0.39, 0.29) is 17.4 Å². The summed E-state index contributed by atoms with van der Waals surface area (Å²) in [7, 11) is -0.254. The number of halogens is 5. The van der Waals surface area contributed by atoms with Crippen LogP contribution in [0.4, 0.5) is 23.4 Å². The van der Waals surface area contributed by atoms with Crippen LogP contribution >= 0.6 is 20.1 Å². The normalized spacial score (nSPS) is 18.0. The molecule has 3 N–H and O–H groups in total. The number of carbonyl (C=O) groups excluding carboxylic acids is 1. The summed E-state index contributed by atoms with van der Waals surface area (Å²) in [5.41, 5.74) is 4.61. The van der Waals surface area contributed by atoms with Crippen molar-refractivity contribution in [3.63, 3.8) is 0 Å². The highest BCUT2D eigenvalue weighted by Gasteiger charge is 2.51. The zero-order chi connectivity index (χ0) is 31.3. The van der Waals surface area contributed by atoms with Gasteiger partial charge in [-0.2, -0.15) is 4.98 Å². The van der Waals surface area contributed by atoms with Crippen LogP contribution in [0.1, 0.15) is 26.5 Å². The number of rotatable bonds is 10. The van der Waals surface area contributed by atoms with Gasteiger partial charge in [0.1, 0.15) is 30.2 Å². The lowest BCUT2D eigenvalue weighted by atomic mass is 10.1. The van der Waals surface area contributed by atoms with Gasteiger partial charge in [-0.3, -0.25) is 4.57 Å². The van der Waals surface area contributed by atoms with Gasteiger partial charge >= 0.3 is 14.2 Å². The zero-order valence-electron chi connectivity index (χ0n) is 23.0. The van der Waals surface area contributed by atoms with Crippen molar-refractivity contribution in [3.8, 4) is 5.75 Å². The molecule has 3 atom stereocenters. The van der Waals surface area contributed by atoms with Crippen LogP contribution in [0.25, 0.3) is 10.8 Å². The smallest absolute Gasteiger partial charge is 0.351 e. The molecule has 3 aromatic rings. The van der Waals surface area contributed by atoms with E-state index in [1.165, 1.54) is 0 Å². The predicted octanol–water partition coefficient (Wildman–Crippen LogP) is 5.59. The maximum absolute atomic E-state index is 14.7. The van der Waals surface area contributed by atoms with E-state index in [0.717, 1.165) is 21.5 Å². The Balaban J connectivity index is 0.000000686. The van der Waals surface area contributed by atoms with E-state index in [9.17, 15) is 27.2 Å². The Morgan fingerprint density at radius 1 is 1.26 bits per heavy atom. The second-order valence-electron chi connectivity index (χ2n) is 8.78. The first-order chi connectivity index (χ1) is 19.9. The molecule has 0 aliphatic carbocycles. The Kier molecular flexibility index (Phi) is 14.5. The fourth-order valence-electron chi connectivity index (χ4n) is 3.36. The summed E-state index contributed by atoms with van der Waals surface area (Å²) in [5, 5.41) is 4.59. The van der Waals surface area contributed by atoms with Crippen molar-refractivity contribution in [2.24, 2.45) is 0 Å². The number of hydrogen-bond acceptors (Lipinski definition) is 9. The van der Waals surface area contributed by atoms with E-state index >= 15 is 0 Å². The van der Waals surface area contributed by atoms with Crippen molar-refractivity contribution in [3.05, 3.63) is 64.2 Å². The molecule has 232 valence electrons. The lowest BCUT2D eigenvalue weighted by Crippen LogP contribution is -2.33. The van der Waals surface area contributed by atoms with Crippen molar-refractivity contribution < 1.29 is 40.9 Å². The van der Waals surface area contributed by atoms with Crippen LogP contribution < -0.4 is 21.0 Å². The quantitative estimate of drug-likeness (QED) is 0.166. The molecule has 1 aliphatic heterocycles. The molecule has 0 saturated carbocycles. The number of carbonyl (C=O) groups is 1. The van der Waals surface area contributed by atoms with Crippen molar-refractivity contribution in [1.82, 2.24) is 14.6 Å². The third-order valence-corrected chi connectivity index (χ3v) is 7.00. The number of aromatic nitrogens is 2. The van der Waals surface area contributed by atoms with Crippen molar-refractivity contribution >= 4 is 43.0 Å². The average Bonchev–Trinajstić information content (AvgIpc) is 3.26. The molecule has 1 aromatic heterocycles. The number of nitrogens with one attached hydrogen (secondary N) is 1. The van der Waals surface area contributed by atoms with E-state index in [2.05, 4.69) is 10.1 Å². The van der Waals surface area contributed by atoms with Crippen LogP contribution in [0.3, 0.4) is 0 Å². The maximum Gasteiger partial charge on any atom is 0.351 e. The van der Waals surface area contributed by atoms with Gasteiger partial charge in [0, 0.05) is 13.3 Å². The van der Waals surface area contributed by atoms with Crippen LogP contribution in [-0.4, -0.2) is 61.2 Å². The third kappa shape index (κ3) is 10.8.